The highest BCUT2D eigenvalue weighted by molar-refractivity contribution is 6.38. The summed E-state index contributed by atoms with van der Waals surface area (Å²) in [6.45, 7) is 1.99. The SMILES string of the molecule is CCOC(=O)C1=NN(c2ccccc2)[C@@H](C(=O)Nc2ccccn2)C1. The van der Waals surface area contributed by atoms with E-state index in [-0.39, 0.29) is 24.6 Å². The first kappa shape index (κ1) is 16.6. The largest absolute Gasteiger partial charge is 0.461 e. The third-order valence-electron chi connectivity index (χ3n) is 3.66. The zero-order chi connectivity index (χ0) is 17.6. The molecule has 0 fully saturated rings. The number of carbonyl (C=O) groups excluding carboxylic acids is 2. The van der Waals surface area contributed by atoms with Crippen LogP contribution in [0, 0.1) is 0 Å². The number of ether oxygens (including phenoxy) is 1. The molecule has 0 radical (unpaired) electrons. The molecule has 7 heteroatoms. The molecular formula is C18H18N4O3. The Morgan fingerprint density at radius 2 is 1.96 bits per heavy atom. The van der Waals surface area contributed by atoms with Gasteiger partial charge < -0.3 is 10.1 Å². The lowest BCUT2D eigenvalue weighted by Gasteiger charge is -2.22. The van der Waals surface area contributed by atoms with Crippen molar-refractivity contribution >= 4 is 29.1 Å². The number of hydrogen-bond acceptors (Lipinski definition) is 6. The normalized spacial score (nSPS) is 16.3. The predicted molar refractivity (Wildman–Crippen MR) is 94.3 cm³/mol. The molecule has 0 saturated heterocycles. The maximum Gasteiger partial charge on any atom is 0.354 e. The van der Waals surface area contributed by atoms with Crippen molar-refractivity contribution in [2.75, 3.05) is 16.9 Å². The number of esters is 1. The molecule has 25 heavy (non-hydrogen) atoms. The van der Waals surface area contributed by atoms with E-state index in [9.17, 15) is 9.59 Å². The molecule has 1 amide bonds. The van der Waals surface area contributed by atoms with E-state index >= 15 is 0 Å². The molecule has 128 valence electrons. The lowest BCUT2D eigenvalue weighted by atomic mass is 10.1. The summed E-state index contributed by atoms with van der Waals surface area (Å²) in [5.74, 6) is -0.340. The van der Waals surface area contributed by atoms with Crippen LogP contribution in [0.25, 0.3) is 0 Å². The average molecular weight is 338 g/mol. The summed E-state index contributed by atoms with van der Waals surface area (Å²) in [5, 5.41) is 8.62. The molecule has 0 aliphatic carbocycles. The molecule has 1 aromatic carbocycles. The number of amides is 1. The molecule has 1 N–H and O–H groups in total. The van der Waals surface area contributed by atoms with Crippen molar-refractivity contribution in [1.82, 2.24) is 4.98 Å². The fourth-order valence-electron chi connectivity index (χ4n) is 2.52. The summed E-state index contributed by atoms with van der Waals surface area (Å²) in [7, 11) is 0. The quantitative estimate of drug-likeness (QED) is 0.845. The summed E-state index contributed by atoms with van der Waals surface area (Å²) < 4.78 is 5.02. The van der Waals surface area contributed by atoms with Crippen molar-refractivity contribution in [2.24, 2.45) is 5.10 Å². The maximum atomic E-state index is 12.7. The number of hydrazone groups is 1. The first-order chi connectivity index (χ1) is 12.2. The van der Waals surface area contributed by atoms with E-state index in [1.807, 2.05) is 30.3 Å². The van der Waals surface area contributed by atoms with Crippen molar-refractivity contribution in [1.29, 1.82) is 0 Å². The molecule has 1 aliphatic rings. The number of rotatable bonds is 5. The van der Waals surface area contributed by atoms with Gasteiger partial charge in [0.15, 0.2) is 0 Å². The van der Waals surface area contributed by atoms with Crippen LogP contribution in [0.1, 0.15) is 13.3 Å². The summed E-state index contributed by atoms with van der Waals surface area (Å²) >= 11 is 0. The first-order valence-corrected chi connectivity index (χ1v) is 8.00. The van der Waals surface area contributed by atoms with Crippen LogP contribution in [0.3, 0.4) is 0 Å². The molecule has 2 aromatic rings. The van der Waals surface area contributed by atoms with Gasteiger partial charge in [-0.15, -0.1) is 0 Å². The Hall–Kier alpha value is -3.22. The first-order valence-electron chi connectivity index (χ1n) is 8.00. The smallest absolute Gasteiger partial charge is 0.354 e. The van der Waals surface area contributed by atoms with Gasteiger partial charge >= 0.3 is 5.97 Å². The number of carbonyl (C=O) groups is 2. The van der Waals surface area contributed by atoms with Crippen LogP contribution in [-0.2, 0) is 14.3 Å². The van der Waals surface area contributed by atoms with E-state index in [1.165, 1.54) is 0 Å². The van der Waals surface area contributed by atoms with Crippen molar-refractivity contribution in [3.05, 3.63) is 54.7 Å². The van der Waals surface area contributed by atoms with Crippen molar-refractivity contribution in [2.45, 2.75) is 19.4 Å². The number of para-hydroxylation sites is 1. The van der Waals surface area contributed by atoms with E-state index < -0.39 is 12.0 Å². The molecule has 3 rings (SSSR count). The van der Waals surface area contributed by atoms with Gasteiger partial charge in [0.1, 0.15) is 17.6 Å². The monoisotopic (exact) mass is 338 g/mol. The third kappa shape index (κ3) is 3.82. The predicted octanol–water partition coefficient (Wildman–Crippen LogP) is 2.22. The van der Waals surface area contributed by atoms with Gasteiger partial charge in [-0.2, -0.15) is 5.10 Å². The lowest BCUT2D eigenvalue weighted by Crippen LogP contribution is -2.39. The molecular weight excluding hydrogens is 320 g/mol. The van der Waals surface area contributed by atoms with Gasteiger partial charge in [-0.1, -0.05) is 24.3 Å². The van der Waals surface area contributed by atoms with Crippen molar-refractivity contribution < 1.29 is 14.3 Å². The highest BCUT2D eigenvalue weighted by Crippen LogP contribution is 2.25. The van der Waals surface area contributed by atoms with Crippen LogP contribution in [-0.4, -0.2) is 35.2 Å². The lowest BCUT2D eigenvalue weighted by molar-refractivity contribution is -0.135. The van der Waals surface area contributed by atoms with E-state index in [0.29, 0.717) is 5.82 Å². The van der Waals surface area contributed by atoms with Gasteiger partial charge in [0.2, 0.25) is 0 Å². The van der Waals surface area contributed by atoms with Crippen molar-refractivity contribution in [3.8, 4) is 0 Å². The molecule has 0 saturated carbocycles. The van der Waals surface area contributed by atoms with Crippen molar-refractivity contribution in [3.63, 3.8) is 0 Å². The number of pyridine rings is 1. The van der Waals surface area contributed by atoms with Gasteiger partial charge in [0.25, 0.3) is 5.91 Å². The molecule has 1 aromatic heterocycles. The second-order valence-electron chi connectivity index (χ2n) is 5.37. The second-order valence-corrected chi connectivity index (χ2v) is 5.37. The third-order valence-corrected chi connectivity index (χ3v) is 3.66. The number of nitrogens with zero attached hydrogens (tertiary/aromatic N) is 3. The molecule has 0 unspecified atom stereocenters. The average Bonchev–Trinajstić information content (AvgIpc) is 3.09. The van der Waals surface area contributed by atoms with Gasteiger partial charge in [-0.3, -0.25) is 9.80 Å². The van der Waals surface area contributed by atoms with Crippen LogP contribution in [0.2, 0.25) is 0 Å². The molecule has 1 atom stereocenters. The Kier molecular flexibility index (Phi) is 5.03. The molecule has 2 heterocycles. The number of anilines is 2. The minimum absolute atomic E-state index is 0.173. The summed E-state index contributed by atoms with van der Waals surface area (Å²) in [6.07, 6.45) is 1.77. The second kappa shape index (κ2) is 7.57. The molecule has 1 aliphatic heterocycles. The van der Waals surface area contributed by atoms with Crippen LogP contribution >= 0.6 is 0 Å². The van der Waals surface area contributed by atoms with Crippen LogP contribution in [0.5, 0.6) is 0 Å². The van der Waals surface area contributed by atoms with Gasteiger partial charge in [-0.05, 0) is 31.2 Å². The Labute approximate surface area is 145 Å². The van der Waals surface area contributed by atoms with Gasteiger partial charge in [0, 0.05) is 12.6 Å². The number of benzene rings is 1. The van der Waals surface area contributed by atoms with E-state index in [2.05, 4.69) is 15.4 Å². The summed E-state index contributed by atoms with van der Waals surface area (Å²) in [6, 6.07) is 13.8. The van der Waals surface area contributed by atoms with E-state index in [4.69, 9.17) is 4.74 Å². The fraction of sp³-hybridized carbons (Fsp3) is 0.222. The van der Waals surface area contributed by atoms with Crippen LogP contribution in [0.4, 0.5) is 11.5 Å². The zero-order valence-electron chi connectivity index (χ0n) is 13.8. The van der Waals surface area contributed by atoms with E-state index in [1.54, 1.807) is 36.3 Å². The Bertz CT molecular complexity index is 777. The Morgan fingerprint density at radius 3 is 2.64 bits per heavy atom. The minimum atomic E-state index is -0.649. The van der Waals surface area contributed by atoms with Gasteiger partial charge in [0.05, 0.1) is 12.3 Å². The van der Waals surface area contributed by atoms with Crippen LogP contribution < -0.4 is 10.3 Å². The molecule has 0 bridgehead atoms. The highest BCUT2D eigenvalue weighted by atomic mass is 16.5. The standard InChI is InChI=1S/C18H18N4O3/c1-2-25-18(24)14-12-15(17(23)20-16-10-6-7-11-19-16)22(21-14)13-8-4-3-5-9-13/h3-11,15H,2,12H2,1H3,(H,19,20,23)/t15-/m1/s1. The minimum Gasteiger partial charge on any atom is -0.461 e. The zero-order valence-corrected chi connectivity index (χ0v) is 13.8. The number of hydrogen-bond donors (Lipinski definition) is 1. The Balaban J connectivity index is 1.83. The topological polar surface area (TPSA) is 83.9 Å². The fourth-order valence-corrected chi connectivity index (χ4v) is 2.52. The summed E-state index contributed by atoms with van der Waals surface area (Å²) in [5.41, 5.74) is 0.954. The molecule has 0 spiro atoms. The van der Waals surface area contributed by atoms with Crippen LogP contribution in [0.15, 0.2) is 59.8 Å². The Morgan fingerprint density at radius 1 is 1.20 bits per heavy atom. The number of aromatic nitrogens is 1. The molecule has 7 nitrogen and oxygen atoms in total. The number of nitrogens with one attached hydrogen (secondary N) is 1. The summed E-state index contributed by atoms with van der Waals surface area (Å²) in [4.78, 5) is 28.8. The highest BCUT2D eigenvalue weighted by Gasteiger charge is 2.36. The maximum absolute atomic E-state index is 12.7. The van der Waals surface area contributed by atoms with Gasteiger partial charge in [-0.25, -0.2) is 9.78 Å². The van der Waals surface area contributed by atoms with E-state index in [0.717, 1.165) is 5.69 Å².